The Morgan fingerprint density at radius 3 is 1.00 bits per heavy atom. The molecule has 778 valence electrons. The fourth-order valence-electron chi connectivity index (χ4n) is 17.4. The van der Waals surface area contributed by atoms with Crippen molar-refractivity contribution in [3.05, 3.63) is 0 Å². The Hall–Kier alpha value is -5.55. The Morgan fingerprint density at radius 1 is 0.304 bits per heavy atom. The summed E-state index contributed by atoms with van der Waals surface area (Å²) >= 11 is 0. The van der Waals surface area contributed by atoms with E-state index < -0.39 is 426 Å². The average Bonchev–Trinajstić information content (AvgIpc) is 0.757. The van der Waals surface area contributed by atoms with Crippen LogP contribution in [0.5, 0.6) is 0 Å². The number of hydrogen-bond acceptors (Lipinski definition) is 53. The molecule has 10 aliphatic heterocycles. The van der Waals surface area contributed by atoms with E-state index in [4.69, 9.17) is 90.0 Å². The lowest BCUT2D eigenvalue weighted by Crippen LogP contribution is -2.71. The first-order chi connectivity index (χ1) is 63.7. The smallest absolute Gasteiger partial charge is 0.364 e. The zero-order valence-electron chi connectivity index (χ0n) is 72.8. The lowest BCUT2D eigenvalue weighted by molar-refractivity contribution is -0.408. The van der Waals surface area contributed by atoms with E-state index in [9.17, 15) is 177 Å². The topological polar surface area (TPSA) is 933 Å². The maximum Gasteiger partial charge on any atom is 0.364 e. The number of carboxylic acids is 1. The molecule has 10 saturated heterocycles. The molecule has 135 heavy (non-hydrogen) atoms. The van der Waals surface area contributed by atoms with Gasteiger partial charge in [0.25, 0.3) is 5.79 Å². The van der Waals surface area contributed by atoms with Crippen LogP contribution < -0.4 is 31.9 Å². The molecule has 51 atom stereocenters. The van der Waals surface area contributed by atoms with Gasteiger partial charge in [-0.2, -0.15) is 0 Å². The first-order valence-corrected chi connectivity index (χ1v) is 42.8. The van der Waals surface area contributed by atoms with E-state index in [1.54, 1.807) is 0 Å². The summed E-state index contributed by atoms with van der Waals surface area (Å²) in [6.07, 6.45) is -101. The van der Waals surface area contributed by atoms with Crippen molar-refractivity contribution >= 4 is 41.4 Å². The predicted octanol–water partition coefficient (Wildman–Crippen LogP) is -22.7. The van der Waals surface area contributed by atoms with Gasteiger partial charge in [-0.15, -0.1) is 0 Å². The van der Waals surface area contributed by atoms with Crippen LogP contribution in [0.15, 0.2) is 0 Å². The van der Waals surface area contributed by atoms with Crippen LogP contribution in [0, 0.1) is 0 Å². The Bertz CT molecular complexity index is 3820. The van der Waals surface area contributed by atoms with Gasteiger partial charge in [0, 0.05) is 48.0 Å². The van der Waals surface area contributed by atoms with E-state index in [1.807, 2.05) is 0 Å². The molecule has 10 fully saturated rings. The highest BCUT2D eigenvalue weighted by Crippen LogP contribution is 2.43. The number of amides is 6. The highest BCUT2D eigenvalue weighted by molar-refractivity contribution is 5.77. The van der Waals surface area contributed by atoms with Crippen molar-refractivity contribution in [2.45, 2.75) is 360 Å². The molecule has 0 aromatic heterocycles. The van der Waals surface area contributed by atoms with E-state index in [1.165, 1.54) is 0 Å². The van der Waals surface area contributed by atoms with Crippen molar-refractivity contribution in [1.29, 1.82) is 0 Å². The van der Waals surface area contributed by atoms with Crippen LogP contribution in [0.4, 0.5) is 0 Å². The minimum Gasteiger partial charge on any atom is -0.477 e. The van der Waals surface area contributed by atoms with Gasteiger partial charge < -0.3 is 265 Å². The Balaban J connectivity index is 1.05. The third-order valence-corrected chi connectivity index (χ3v) is 24.3. The molecule has 10 rings (SSSR count). The Morgan fingerprint density at radius 2 is 0.600 bits per heavy atom. The van der Waals surface area contributed by atoms with E-state index in [0.717, 1.165) is 41.5 Å². The second kappa shape index (κ2) is 48.5. The van der Waals surface area contributed by atoms with Crippen molar-refractivity contribution in [1.82, 2.24) is 31.9 Å². The summed E-state index contributed by atoms with van der Waals surface area (Å²) in [7, 11) is 0. The molecular weight excluding hydrogens is 1850 g/mol. The number of carbonyl (C=O) groups is 7. The summed E-state index contributed by atoms with van der Waals surface area (Å²) in [5.41, 5.74) is 0. The van der Waals surface area contributed by atoms with Gasteiger partial charge in [0.2, 0.25) is 35.4 Å². The summed E-state index contributed by atoms with van der Waals surface area (Å²) in [6.45, 7) is -6.91. The molecule has 0 aromatic rings. The zero-order valence-corrected chi connectivity index (χ0v) is 72.8. The quantitative estimate of drug-likeness (QED) is 0.0275. The van der Waals surface area contributed by atoms with Crippen molar-refractivity contribution in [3.63, 3.8) is 0 Å². The molecule has 10 aliphatic rings. The number of carbonyl (C=O) groups excluding carboxylic acids is 6. The molecule has 0 saturated carbocycles. The van der Waals surface area contributed by atoms with Crippen LogP contribution >= 0.6 is 0 Å². The summed E-state index contributed by atoms with van der Waals surface area (Å²) in [5.74, 6) is -11.3. The van der Waals surface area contributed by atoms with Crippen LogP contribution in [-0.2, 0) is 124 Å². The van der Waals surface area contributed by atoms with Crippen LogP contribution in [0.3, 0.4) is 0 Å². The number of carboxylic acid groups (broad SMARTS) is 1. The van der Waals surface area contributed by atoms with E-state index in [-0.39, 0.29) is 0 Å². The number of hydrogen-bond donors (Lipinski definition) is 34. The number of nitrogens with one attached hydrogen (secondary N) is 6. The van der Waals surface area contributed by atoms with Crippen LogP contribution in [0.2, 0.25) is 0 Å². The maximum absolute atomic E-state index is 13.4. The van der Waals surface area contributed by atoms with Crippen LogP contribution in [0.25, 0.3) is 0 Å². The number of aliphatic hydroxyl groups excluding tert-OH is 27. The zero-order chi connectivity index (χ0) is 99.9. The lowest BCUT2D eigenvalue weighted by atomic mass is 9.88. The third-order valence-electron chi connectivity index (χ3n) is 24.3. The number of aliphatic hydroxyl groups is 27. The molecule has 6 amide bonds. The largest absolute Gasteiger partial charge is 0.477 e. The molecule has 0 radical (unpaired) electrons. The molecule has 10 heterocycles. The fourth-order valence-corrected chi connectivity index (χ4v) is 17.4. The van der Waals surface area contributed by atoms with Gasteiger partial charge in [0.05, 0.1) is 78.2 Å². The van der Waals surface area contributed by atoms with Gasteiger partial charge in [-0.25, -0.2) is 4.79 Å². The highest BCUT2D eigenvalue weighted by Gasteiger charge is 2.65. The molecular formula is C75H124N6O54. The van der Waals surface area contributed by atoms with Crippen molar-refractivity contribution in [3.8, 4) is 0 Å². The molecule has 0 spiro atoms. The number of rotatable bonds is 37. The second-order valence-electron chi connectivity index (χ2n) is 33.9. The molecule has 60 nitrogen and oxygen atoms in total. The van der Waals surface area contributed by atoms with Gasteiger partial charge in [0.15, 0.2) is 56.6 Å². The van der Waals surface area contributed by atoms with Gasteiger partial charge >= 0.3 is 5.97 Å². The molecule has 0 unspecified atom stereocenters. The highest BCUT2D eigenvalue weighted by atomic mass is 16.8. The fraction of sp³-hybridized carbons (Fsp3) is 0.907. The van der Waals surface area contributed by atoms with Crippen molar-refractivity contribution in [2.75, 3.05) is 66.1 Å². The minimum absolute atomic E-state index is 0.833. The first-order valence-electron chi connectivity index (χ1n) is 42.8. The third kappa shape index (κ3) is 25.0. The van der Waals surface area contributed by atoms with E-state index >= 15 is 0 Å². The molecule has 34 N–H and O–H groups in total. The summed E-state index contributed by atoms with van der Waals surface area (Å²) in [4.78, 5) is 90.5. The summed E-state index contributed by atoms with van der Waals surface area (Å²) in [5, 5.41) is 331. The Labute approximate surface area is 764 Å². The number of aliphatic carboxylic acids is 1. The Kier molecular flexibility index (Phi) is 40.0. The standard InChI is InChI=1S/C75H124N6O54/c1-18(91)76-35-24(97)7-75(74(115)116,134-60(35)41(99)25(98)8-82)135-61-46(104)30(13-87)121-70(54(61)112)128-57-33(16-90)125-69(40(51(57)109)81-23(6)96)132-63-52(110)44(102)28(11-85)122-72(63)117-17-34-59(130-66-37(78-20(3)93)47(105)42(100)26(9-83)119-66)62(131-73-64(53(111)45(103)29(12-86)123-73)133-67-38(79-21(4)94)48(106)43(101)27(10-84)120-67)55(113)71(126-34)129-58-32(15-89)124-68(39(50(58)108)80-22(5)95)127-56-31(14-88)118-65(114)36(49(56)107)77-19(2)92/h24-73,82-90,97-114H,7-17H2,1-6H3,(H,76,91)(H,77,92)(H,78,93)(H,79,94)(H,80,95)(H,81,96)(H,115,116)/t24-,25+,26+,27+,28+,29+,30+,31+,32+,33+,34+,35+,36+,37+,38+,39+,40+,41+,42+,43+,44+,45+,46-,47+,48+,49+,50+,51+,52-,53-,54+,55-,56+,57+,58+,59+,60+,61-,62+,63-,64-,65+,66-,67-,68-,69-,70-,71-,72-,73+,75-/m0/s1. The second-order valence-corrected chi connectivity index (χ2v) is 33.9. The van der Waals surface area contributed by atoms with Gasteiger partial charge in [-0.05, 0) is 0 Å². The molecule has 0 aromatic carbocycles. The van der Waals surface area contributed by atoms with Crippen LogP contribution in [0.1, 0.15) is 48.0 Å². The van der Waals surface area contributed by atoms with Crippen molar-refractivity contribution in [2.24, 2.45) is 0 Å². The molecule has 0 bridgehead atoms. The van der Waals surface area contributed by atoms with Gasteiger partial charge in [0.1, 0.15) is 238 Å². The minimum atomic E-state index is -3.34. The molecule has 60 heteroatoms. The van der Waals surface area contributed by atoms with Gasteiger partial charge in [-0.3, -0.25) is 28.8 Å². The van der Waals surface area contributed by atoms with E-state index in [2.05, 4.69) is 31.9 Å². The van der Waals surface area contributed by atoms with Crippen molar-refractivity contribution < 1.29 is 267 Å². The predicted molar refractivity (Wildman–Crippen MR) is 416 cm³/mol. The lowest BCUT2D eigenvalue weighted by Gasteiger charge is -2.52. The number of ether oxygens (including phenoxy) is 19. The monoisotopic (exact) mass is 1970 g/mol. The normalized spacial score (nSPS) is 46.4. The van der Waals surface area contributed by atoms with Gasteiger partial charge in [-0.1, -0.05) is 0 Å². The first kappa shape index (κ1) is 111. The average molecular weight is 1970 g/mol. The molecule has 0 aliphatic carbocycles. The summed E-state index contributed by atoms with van der Waals surface area (Å²) < 4.78 is 116. The van der Waals surface area contributed by atoms with Crippen LogP contribution in [-0.4, -0.2) is 563 Å². The van der Waals surface area contributed by atoms with E-state index in [0.29, 0.717) is 0 Å². The SMILES string of the molecule is CC(=O)N[C@@H]1[C@@H](O)[C@H](O[C@@H]2O[C@H](CO)[C@@H](O[C@@H]3O[C@H](CO[C@H]4O[C@H](CO)[C@@H](O)[C@H](O)[C@@H]4O[C@@H]4O[C@H](CO)[C@@H](O[C@@H]5O[C@H](CO)[C@H](O)[C@H](O[C@]6(C(=O)O)C[C@H](O)[C@@H](NC(C)=O)[C@H]([C@H](O)[C@H](O)CO)O6)[C@H]5O)[C@H](O)[C@H]4NC(C)=O)[C@@H](O[C@@H]4O[C@H](CO)[C@@H](O)[C@H](O)[C@H]4NC(C)=O)[C@H](O[C@H]4O[C@H](CO)[C@@H](O)[C@H](O)[C@@H]4O[C@@H]4O[C@H](CO)[C@@H](O)[C@H](O)[C@H]4NC(C)=O)[C@@H]3O)[C@H](O)[C@H]2NC(C)=O)[C@@H](CO)O[C@H]1O. The maximum atomic E-state index is 13.4. The summed E-state index contributed by atoms with van der Waals surface area (Å²) in [6, 6.07) is -11.7.